The fourth-order valence-electron chi connectivity index (χ4n) is 1.62. The van der Waals surface area contributed by atoms with E-state index in [1.54, 1.807) is 17.1 Å². The summed E-state index contributed by atoms with van der Waals surface area (Å²) in [4.78, 5) is 14.8. The second kappa shape index (κ2) is 4.78. The van der Waals surface area contributed by atoms with E-state index in [1.165, 1.54) is 6.92 Å². The molecule has 2 aromatic heterocycles. The largest absolute Gasteiger partial charge is 0.351 e. The van der Waals surface area contributed by atoms with Gasteiger partial charge in [0, 0.05) is 31.9 Å². The van der Waals surface area contributed by atoms with Gasteiger partial charge >= 0.3 is 0 Å². The van der Waals surface area contributed by atoms with Crippen molar-refractivity contribution in [2.75, 3.05) is 0 Å². The third-order valence-corrected chi connectivity index (χ3v) is 2.42. The zero-order chi connectivity index (χ0) is 12.3. The van der Waals surface area contributed by atoms with Crippen molar-refractivity contribution >= 4 is 5.91 Å². The van der Waals surface area contributed by atoms with Gasteiger partial charge in [0.2, 0.25) is 5.91 Å². The van der Waals surface area contributed by atoms with Crippen LogP contribution in [0.25, 0.3) is 11.3 Å². The first-order valence-corrected chi connectivity index (χ1v) is 5.34. The Bertz CT molecular complexity index is 519. The number of amides is 1. The Morgan fingerprint density at radius 3 is 2.76 bits per heavy atom. The molecule has 0 aliphatic heterocycles. The van der Waals surface area contributed by atoms with Gasteiger partial charge in [0.25, 0.3) is 0 Å². The summed E-state index contributed by atoms with van der Waals surface area (Å²) in [6, 6.07) is 5.82. The first kappa shape index (κ1) is 11.3. The summed E-state index contributed by atoms with van der Waals surface area (Å²) in [5.74, 6) is -0.0545. The lowest BCUT2D eigenvalue weighted by molar-refractivity contribution is -0.119. The quantitative estimate of drug-likeness (QED) is 0.859. The first-order chi connectivity index (χ1) is 8.16. The van der Waals surface area contributed by atoms with Gasteiger partial charge in [-0.05, 0) is 18.2 Å². The lowest BCUT2D eigenvalue weighted by Gasteiger charge is -1.99. The van der Waals surface area contributed by atoms with E-state index in [-0.39, 0.29) is 5.91 Å². The van der Waals surface area contributed by atoms with Crippen LogP contribution in [0.3, 0.4) is 0 Å². The van der Waals surface area contributed by atoms with Gasteiger partial charge in [0.15, 0.2) is 0 Å². The molecule has 0 saturated heterocycles. The standard InChI is InChI=1S/C12H14N4O/c1-9(17)14-8-11-7-12(16(2)15-11)10-3-5-13-6-4-10/h3-7H,8H2,1-2H3,(H,14,17). The van der Waals surface area contributed by atoms with Crippen LogP contribution in [0.2, 0.25) is 0 Å². The number of pyridine rings is 1. The van der Waals surface area contributed by atoms with Crippen LogP contribution in [0.4, 0.5) is 0 Å². The maximum atomic E-state index is 10.8. The minimum atomic E-state index is -0.0545. The van der Waals surface area contributed by atoms with E-state index in [0.717, 1.165) is 17.0 Å². The van der Waals surface area contributed by atoms with Crippen molar-refractivity contribution in [3.8, 4) is 11.3 Å². The minimum absolute atomic E-state index is 0.0545. The zero-order valence-electron chi connectivity index (χ0n) is 9.84. The lowest BCUT2D eigenvalue weighted by Crippen LogP contribution is -2.19. The molecule has 2 rings (SSSR count). The highest BCUT2D eigenvalue weighted by Crippen LogP contribution is 2.18. The van der Waals surface area contributed by atoms with Gasteiger partial charge in [-0.1, -0.05) is 0 Å². The Kier molecular flexibility index (Phi) is 3.18. The average Bonchev–Trinajstić information content (AvgIpc) is 2.69. The van der Waals surface area contributed by atoms with Crippen molar-refractivity contribution in [2.24, 2.45) is 7.05 Å². The predicted molar refractivity (Wildman–Crippen MR) is 64.0 cm³/mol. The molecule has 0 unspecified atom stereocenters. The summed E-state index contributed by atoms with van der Waals surface area (Å²) in [6.07, 6.45) is 3.49. The minimum Gasteiger partial charge on any atom is -0.351 e. The maximum absolute atomic E-state index is 10.8. The van der Waals surface area contributed by atoms with Gasteiger partial charge < -0.3 is 5.32 Å². The topological polar surface area (TPSA) is 59.8 Å². The number of aryl methyl sites for hydroxylation is 1. The predicted octanol–water partition coefficient (Wildman–Crippen LogP) is 1.12. The molecule has 1 amide bonds. The molecule has 5 nitrogen and oxygen atoms in total. The Morgan fingerprint density at radius 1 is 1.41 bits per heavy atom. The van der Waals surface area contributed by atoms with Gasteiger partial charge in [-0.2, -0.15) is 5.10 Å². The van der Waals surface area contributed by atoms with Crippen LogP contribution < -0.4 is 5.32 Å². The fourth-order valence-corrected chi connectivity index (χ4v) is 1.62. The van der Waals surface area contributed by atoms with Gasteiger partial charge in [0.05, 0.1) is 17.9 Å². The van der Waals surface area contributed by atoms with E-state index in [4.69, 9.17) is 0 Å². The van der Waals surface area contributed by atoms with Gasteiger partial charge in [0.1, 0.15) is 0 Å². The molecule has 1 N–H and O–H groups in total. The molecule has 0 aliphatic rings. The van der Waals surface area contributed by atoms with Crippen molar-refractivity contribution in [2.45, 2.75) is 13.5 Å². The van der Waals surface area contributed by atoms with Crippen molar-refractivity contribution in [1.29, 1.82) is 0 Å². The highest BCUT2D eigenvalue weighted by molar-refractivity contribution is 5.72. The van der Waals surface area contributed by atoms with Crippen molar-refractivity contribution in [3.05, 3.63) is 36.3 Å². The van der Waals surface area contributed by atoms with Crippen molar-refractivity contribution in [3.63, 3.8) is 0 Å². The average molecular weight is 230 g/mol. The van der Waals surface area contributed by atoms with Crippen LogP contribution in [0, 0.1) is 0 Å². The van der Waals surface area contributed by atoms with E-state index < -0.39 is 0 Å². The normalized spacial score (nSPS) is 10.2. The molecule has 2 aromatic rings. The number of rotatable bonds is 3. The van der Waals surface area contributed by atoms with E-state index in [1.807, 2.05) is 25.2 Å². The Hall–Kier alpha value is -2.17. The molecule has 5 heteroatoms. The summed E-state index contributed by atoms with van der Waals surface area (Å²) in [5.41, 5.74) is 2.91. The molecule has 0 atom stereocenters. The number of aromatic nitrogens is 3. The van der Waals surface area contributed by atoms with Crippen molar-refractivity contribution in [1.82, 2.24) is 20.1 Å². The lowest BCUT2D eigenvalue weighted by atomic mass is 10.2. The molecular formula is C12H14N4O. The summed E-state index contributed by atoms with van der Waals surface area (Å²) < 4.78 is 1.80. The molecule has 0 aliphatic carbocycles. The number of nitrogens with zero attached hydrogens (tertiary/aromatic N) is 3. The molecular weight excluding hydrogens is 216 g/mol. The second-order valence-electron chi connectivity index (χ2n) is 3.79. The van der Waals surface area contributed by atoms with Crippen LogP contribution in [-0.4, -0.2) is 20.7 Å². The summed E-state index contributed by atoms with van der Waals surface area (Å²) in [5, 5.41) is 7.07. The Labute approximate surface area is 99.5 Å². The number of hydrogen-bond donors (Lipinski definition) is 1. The Balaban J connectivity index is 2.22. The smallest absolute Gasteiger partial charge is 0.217 e. The third kappa shape index (κ3) is 2.69. The van der Waals surface area contributed by atoms with E-state index in [0.29, 0.717) is 6.54 Å². The molecule has 0 saturated carbocycles. The molecule has 88 valence electrons. The van der Waals surface area contributed by atoms with Crippen LogP contribution in [0.1, 0.15) is 12.6 Å². The first-order valence-electron chi connectivity index (χ1n) is 5.34. The number of nitrogens with one attached hydrogen (secondary N) is 1. The third-order valence-electron chi connectivity index (χ3n) is 2.42. The van der Waals surface area contributed by atoms with Crippen molar-refractivity contribution < 1.29 is 4.79 Å². The highest BCUT2D eigenvalue weighted by atomic mass is 16.1. The molecule has 0 radical (unpaired) electrons. The molecule has 0 spiro atoms. The summed E-state index contributed by atoms with van der Waals surface area (Å²) >= 11 is 0. The molecule has 17 heavy (non-hydrogen) atoms. The zero-order valence-corrected chi connectivity index (χ0v) is 9.84. The van der Waals surface area contributed by atoms with Crippen LogP contribution in [0.5, 0.6) is 0 Å². The molecule has 0 fully saturated rings. The van der Waals surface area contributed by atoms with Crippen LogP contribution in [-0.2, 0) is 18.4 Å². The van der Waals surface area contributed by atoms with Gasteiger partial charge in [-0.15, -0.1) is 0 Å². The maximum Gasteiger partial charge on any atom is 0.217 e. The summed E-state index contributed by atoms with van der Waals surface area (Å²) in [7, 11) is 1.88. The number of carbonyl (C=O) groups excluding carboxylic acids is 1. The van der Waals surface area contributed by atoms with E-state index >= 15 is 0 Å². The number of carbonyl (C=O) groups is 1. The monoisotopic (exact) mass is 230 g/mol. The SMILES string of the molecule is CC(=O)NCc1cc(-c2ccncc2)n(C)n1. The van der Waals surface area contributed by atoms with Gasteiger partial charge in [-0.3, -0.25) is 14.5 Å². The van der Waals surface area contributed by atoms with E-state index in [2.05, 4.69) is 15.4 Å². The molecule has 0 bridgehead atoms. The van der Waals surface area contributed by atoms with Gasteiger partial charge in [-0.25, -0.2) is 0 Å². The van der Waals surface area contributed by atoms with E-state index in [9.17, 15) is 4.79 Å². The second-order valence-corrected chi connectivity index (χ2v) is 3.79. The van der Waals surface area contributed by atoms with Crippen LogP contribution >= 0.6 is 0 Å². The molecule has 0 aromatic carbocycles. The Morgan fingerprint density at radius 2 is 2.12 bits per heavy atom. The molecule has 2 heterocycles. The fraction of sp³-hybridized carbons (Fsp3) is 0.250. The summed E-state index contributed by atoms with van der Waals surface area (Å²) in [6.45, 7) is 1.95. The van der Waals surface area contributed by atoms with Crippen LogP contribution in [0.15, 0.2) is 30.6 Å². The highest BCUT2D eigenvalue weighted by Gasteiger charge is 2.07. The number of hydrogen-bond acceptors (Lipinski definition) is 3.